The molecule has 0 saturated heterocycles. The smallest absolute Gasteiger partial charge is 0.249 e. The minimum absolute atomic E-state index is 0.237. The summed E-state index contributed by atoms with van der Waals surface area (Å²) in [5, 5.41) is 7.68. The number of rotatable bonds is 4. The van der Waals surface area contributed by atoms with Crippen LogP contribution in [0.1, 0.15) is 18.9 Å². The van der Waals surface area contributed by atoms with Crippen molar-refractivity contribution >= 4 is 15.7 Å². The van der Waals surface area contributed by atoms with Crippen molar-refractivity contribution in [3.05, 3.63) is 29.8 Å². The van der Waals surface area contributed by atoms with Crippen LogP contribution in [-0.2, 0) is 10.0 Å². The highest BCUT2D eigenvalue weighted by molar-refractivity contribution is 7.93. The third-order valence-electron chi connectivity index (χ3n) is 2.18. The summed E-state index contributed by atoms with van der Waals surface area (Å²) in [4.78, 5) is 0. The highest BCUT2D eigenvalue weighted by Gasteiger charge is 2.23. The number of nitrogens with zero attached hydrogens (tertiary/aromatic N) is 1. The normalized spacial score (nSPS) is 12.2. The van der Waals surface area contributed by atoms with Crippen molar-refractivity contribution in [1.82, 2.24) is 0 Å². The molecule has 0 amide bonds. The Morgan fingerprint density at radius 1 is 1.53 bits per heavy atom. The Bertz CT molecular complexity index is 579. The van der Waals surface area contributed by atoms with Gasteiger partial charge < -0.3 is 0 Å². The van der Waals surface area contributed by atoms with E-state index in [0.717, 1.165) is 0 Å². The summed E-state index contributed by atoms with van der Waals surface area (Å²) >= 11 is 0. The van der Waals surface area contributed by atoms with Gasteiger partial charge in [0.25, 0.3) is 0 Å². The molecule has 0 spiro atoms. The van der Waals surface area contributed by atoms with Gasteiger partial charge in [0.2, 0.25) is 10.0 Å². The van der Waals surface area contributed by atoms with Gasteiger partial charge >= 0.3 is 0 Å². The molecule has 17 heavy (non-hydrogen) atoms. The molecular formula is C12H12N2O2S. The minimum atomic E-state index is -3.68. The second-order valence-electron chi connectivity index (χ2n) is 3.40. The molecule has 1 aromatic rings. The third-order valence-corrected chi connectivity index (χ3v) is 3.89. The topological polar surface area (TPSA) is 70.0 Å². The van der Waals surface area contributed by atoms with Gasteiger partial charge in [-0.15, -0.1) is 6.42 Å². The number of nitriles is 1. The first-order valence-corrected chi connectivity index (χ1v) is 6.56. The summed E-state index contributed by atoms with van der Waals surface area (Å²) in [7, 11) is -3.68. The summed E-state index contributed by atoms with van der Waals surface area (Å²) in [5.41, 5.74) is 0.948. The first kappa shape index (κ1) is 13.1. The molecular weight excluding hydrogens is 236 g/mol. The van der Waals surface area contributed by atoms with E-state index in [9.17, 15) is 8.42 Å². The lowest BCUT2D eigenvalue weighted by molar-refractivity contribution is 0.593. The first-order chi connectivity index (χ1) is 8.03. The van der Waals surface area contributed by atoms with E-state index in [2.05, 4.69) is 10.6 Å². The van der Waals surface area contributed by atoms with Crippen molar-refractivity contribution in [2.45, 2.75) is 18.6 Å². The number of hydrogen-bond donors (Lipinski definition) is 1. The van der Waals surface area contributed by atoms with Crippen molar-refractivity contribution in [2.24, 2.45) is 0 Å². The van der Waals surface area contributed by atoms with E-state index >= 15 is 0 Å². The van der Waals surface area contributed by atoms with Crippen LogP contribution in [-0.4, -0.2) is 13.7 Å². The average Bonchev–Trinajstić information content (AvgIpc) is 2.29. The van der Waals surface area contributed by atoms with Gasteiger partial charge in [-0.1, -0.05) is 18.9 Å². The Labute approximate surface area is 101 Å². The summed E-state index contributed by atoms with van der Waals surface area (Å²) in [6.07, 6.45) is 5.45. The number of benzene rings is 1. The summed E-state index contributed by atoms with van der Waals surface area (Å²) in [6, 6.07) is 8.23. The fourth-order valence-electron chi connectivity index (χ4n) is 1.29. The fraction of sp³-hybridized carbons (Fsp3) is 0.250. The Morgan fingerprint density at radius 2 is 2.24 bits per heavy atom. The van der Waals surface area contributed by atoms with E-state index in [1.54, 1.807) is 37.3 Å². The minimum Gasteiger partial charge on any atom is -0.282 e. The van der Waals surface area contributed by atoms with Gasteiger partial charge in [0.1, 0.15) is 0 Å². The molecule has 5 heteroatoms. The van der Waals surface area contributed by atoms with Crippen molar-refractivity contribution in [3.63, 3.8) is 0 Å². The largest absolute Gasteiger partial charge is 0.282 e. The van der Waals surface area contributed by atoms with E-state index < -0.39 is 15.3 Å². The van der Waals surface area contributed by atoms with Crippen LogP contribution in [0, 0.1) is 23.7 Å². The van der Waals surface area contributed by atoms with E-state index in [0.29, 0.717) is 11.3 Å². The predicted octanol–water partition coefficient (Wildman–Crippen LogP) is 1.71. The van der Waals surface area contributed by atoms with Crippen molar-refractivity contribution in [2.75, 3.05) is 4.72 Å². The van der Waals surface area contributed by atoms with Crippen molar-refractivity contribution in [1.29, 1.82) is 5.26 Å². The Balaban J connectivity index is 2.99. The zero-order valence-corrected chi connectivity index (χ0v) is 10.2. The molecule has 0 aliphatic heterocycles. The highest BCUT2D eigenvalue weighted by atomic mass is 32.2. The molecule has 4 nitrogen and oxygen atoms in total. The van der Waals surface area contributed by atoms with E-state index in [-0.39, 0.29) is 6.42 Å². The molecule has 1 atom stereocenters. The number of anilines is 1. The number of terminal acetylenes is 1. The van der Waals surface area contributed by atoms with E-state index in [4.69, 9.17) is 11.7 Å². The molecule has 1 rings (SSSR count). The highest BCUT2D eigenvalue weighted by Crippen LogP contribution is 2.14. The molecule has 0 aliphatic carbocycles. The standard InChI is InChI=1S/C12H12N2O2S/c1-3-10-6-5-7-11(8-10)14-17(15,16)12(4-2)9-13/h1,5-8,12,14H,4H2,2H3. The lowest BCUT2D eigenvalue weighted by atomic mass is 10.2. The lowest BCUT2D eigenvalue weighted by Gasteiger charge is -2.11. The molecule has 0 aromatic heterocycles. The van der Waals surface area contributed by atoms with Crippen molar-refractivity contribution in [3.8, 4) is 18.4 Å². The first-order valence-electron chi connectivity index (χ1n) is 5.01. The summed E-state index contributed by atoms with van der Waals surface area (Å²) in [5.74, 6) is 2.41. The van der Waals surface area contributed by atoms with Gasteiger partial charge in [0.15, 0.2) is 5.25 Å². The summed E-state index contributed by atoms with van der Waals surface area (Å²) < 4.78 is 25.9. The van der Waals surface area contributed by atoms with Crippen LogP contribution in [0.25, 0.3) is 0 Å². The lowest BCUT2D eigenvalue weighted by Crippen LogP contribution is -2.25. The fourth-order valence-corrected chi connectivity index (χ4v) is 2.46. The second kappa shape index (κ2) is 5.38. The molecule has 1 aromatic carbocycles. The van der Waals surface area contributed by atoms with Gasteiger partial charge in [0.05, 0.1) is 6.07 Å². The van der Waals surface area contributed by atoms with Crippen LogP contribution >= 0.6 is 0 Å². The van der Waals surface area contributed by atoms with E-state index in [1.807, 2.05) is 0 Å². The summed E-state index contributed by atoms with van der Waals surface area (Å²) in [6.45, 7) is 1.64. The van der Waals surface area contributed by atoms with Crippen LogP contribution in [0.4, 0.5) is 5.69 Å². The maximum absolute atomic E-state index is 11.8. The number of sulfonamides is 1. The van der Waals surface area contributed by atoms with E-state index in [1.165, 1.54) is 0 Å². The zero-order chi connectivity index (χ0) is 12.9. The molecule has 0 fully saturated rings. The molecule has 1 unspecified atom stereocenters. The zero-order valence-electron chi connectivity index (χ0n) is 9.34. The maximum atomic E-state index is 11.8. The molecule has 0 heterocycles. The van der Waals surface area contributed by atoms with Gasteiger partial charge in [0, 0.05) is 11.3 Å². The van der Waals surface area contributed by atoms with Gasteiger partial charge in [-0.3, -0.25) is 4.72 Å². The molecule has 0 radical (unpaired) electrons. The average molecular weight is 248 g/mol. The maximum Gasteiger partial charge on any atom is 0.249 e. The monoisotopic (exact) mass is 248 g/mol. The molecule has 0 saturated carbocycles. The quantitative estimate of drug-likeness (QED) is 0.825. The van der Waals surface area contributed by atoms with Crippen LogP contribution in [0.3, 0.4) is 0 Å². The molecule has 0 aliphatic rings. The Hall–Kier alpha value is -1.98. The second-order valence-corrected chi connectivity index (χ2v) is 5.26. The van der Waals surface area contributed by atoms with Crippen LogP contribution in [0.2, 0.25) is 0 Å². The molecule has 1 N–H and O–H groups in total. The molecule has 0 bridgehead atoms. The Kier molecular flexibility index (Phi) is 4.14. The van der Waals surface area contributed by atoms with Gasteiger partial charge in [-0.2, -0.15) is 5.26 Å². The number of nitrogens with one attached hydrogen (secondary N) is 1. The molecule has 88 valence electrons. The van der Waals surface area contributed by atoms with Crippen molar-refractivity contribution < 1.29 is 8.42 Å². The SMILES string of the molecule is C#Cc1cccc(NS(=O)(=O)C(C#N)CC)c1. The predicted molar refractivity (Wildman–Crippen MR) is 66.6 cm³/mol. The number of hydrogen-bond acceptors (Lipinski definition) is 3. The van der Waals surface area contributed by atoms with Gasteiger partial charge in [-0.05, 0) is 24.6 Å². The van der Waals surface area contributed by atoms with Crippen LogP contribution in [0.15, 0.2) is 24.3 Å². The Morgan fingerprint density at radius 3 is 2.76 bits per heavy atom. The van der Waals surface area contributed by atoms with Gasteiger partial charge in [-0.25, -0.2) is 8.42 Å². The third kappa shape index (κ3) is 3.24. The van der Waals surface area contributed by atoms with Crippen LogP contribution < -0.4 is 4.72 Å². The van der Waals surface area contributed by atoms with Crippen LogP contribution in [0.5, 0.6) is 0 Å².